The van der Waals surface area contributed by atoms with E-state index in [0.717, 1.165) is 60.8 Å². The van der Waals surface area contributed by atoms with Gasteiger partial charge in [-0.1, -0.05) is 6.07 Å². The molecule has 0 aliphatic carbocycles. The molecule has 29 heavy (non-hydrogen) atoms. The van der Waals surface area contributed by atoms with E-state index in [1.54, 1.807) is 4.90 Å². The van der Waals surface area contributed by atoms with Crippen molar-refractivity contribution in [1.29, 1.82) is 5.26 Å². The molecule has 3 rings (SSSR count). The normalized spacial score (nSPS) is 19.8. The highest BCUT2D eigenvalue weighted by Crippen LogP contribution is 2.23. The summed E-state index contributed by atoms with van der Waals surface area (Å²) in [5.41, 5.74) is 3.01. The number of nitriles is 1. The average molecular weight is 415 g/mol. The highest BCUT2D eigenvalue weighted by Gasteiger charge is 2.35. The molecule has 0 radical (unpaired) electrons. The topological polar surface area (TPSA) is 67.6 Å². The summed E-state index contributed by atoms with van der Waals surface area (Å²) < 4.78 is 0. The largest absolute Gasteiger partial charge is 0.340 e. The van der Waals surface area contributed by atoms with Gasteiger partial charge in [-0.15, -0.1) is 0 Å². The fourth-order valence-corrected chi connectivity index (χ4v) is 5.12. The fourth-order valence-electron chi connectivity index (χ4n) is 4.21. The van der Waals surface area contributed by atoms with E-state index in [0.29, 0.717) is 6.54 Å². The first-order chi connectivity index (χ1) is 14.0. The van der Waals surface area contributed by atoms with Gasteiger partial charge in [-0.25, -0.2) is 0 Å². The number of nitrogens with zero attached hydrogens (tertiary/aromatic N) is 4. The smallest absolute Gasteiger partial charge is 0.241 e. The second kappa shape index (κ2) is 10.1. The van der Waals surface area contributed by atoms with Crippen LogP contribution in [0.5, 0.6) is 0 Å². The minimum atomic E-state index is -0.195. The van der Waals surface area contributed by atoms with Gasteiger partial charge in [-0.2, -0.15) is 17.0 Å². The molecule has 2 amide bonds. The monoisotopic (exact) mass is 414 g/mol. The van der Waals surface area contributed by atoms with E-state index in [1.807, 2.05) is 47.5 Å². The molecule has 2 aliphatic heterocycles. The summed E-state index contributed by atoms with van der Waals surface area (Å²) in [5.74, 6) is 2.11. The molecule has 0 aromatic heterocycles. The summed E-state index contributed by atoms with van der Waals surface area (Å²) in [6, 6.07) is 7.99. The molecule has 1 atom stereocenters. The van der Waals surface area contributed by atoms with Gasteiger partial charge in [0.2, 0.25) is 11.8 Å². The van der Waals surface area contributed by atoms with Crippen LogP contribution in [0.2, 0.25) is 0 Å². The molecule has 2 aliphatic rings. The van der Waals surface area contributed by atoms with Gasteiger partial charge in [0.15, 0.2) is 0 Å². The maximum absolute atomic E-state index is 13.2. The first kappa shape index (κ1) is 21.7. The van der Waals surface area contributed by atoms with Crippen molar-refractivity contribution in [3.8, 4) is 6.07 Å². The van der Waals surface area contributed by atoms with E-state index in [4.69, 9.17) is 5.26 Å². The lowest BCUT2D eigenvalue weighted by Gasteiger charge is -2.33. The maximum atomic E-state index is 13.2. The number of hydrogen-bond acceptors (Lipinski definition) is 5. The lowest BCUT2D eigenvalue weighted by molar-refractivity contribution is -0.136. The highest BCUT2D eigenvalue weighted by molar-refractivity contribution is 7.99. The number of carbonyl (C=O) groups excluding carboxylic acids is 2. The molecule has 2 saturated heterocycles. The van der Waals surface area contributed by atoms with Crippen molar-refractivity contribution >= 4 is 29.3 Å². The van der Waals surface area contributed by atoms with Crippen LogP contribution in [0.15, 0.2) is 18.2 Å². The number of amides is 2. The molecular weight excluding hydrogens is 384 g/mol. The summed E-state index contributed by atoms with van der Waals surface area (Å²) in [6.45, 7) is 6.98. The van der Waals surface area contributed by atoms with Crippen LogP contribution < -0.4 is 4.90 Å². The molecule has 7 heteroatoms. The van der Waals surface area contributed by atoms with E-state index in [1.165, 1.54) is 0 Å². The average Bonchev–Trinajstić information content (AvgIpc) is 3.15. The predicted molar refractivity (Wildman–Crippen MR) is 117 cm³/mol. The van der Waals surface area contributed by atoms with Gasteiger partial charge in [0, 0.05) is 36.8 Å². The van der Waals surface area contributed by atoms with Crippen LogP contribution in [0.1, 0.15) is 30.4 Å². The van der Waals surface area contributed by atoms with Crippen molar-refractivity contribution in [2.24, 2.45) is 0 Å². The molecule has 2 fully saturated rings. The van der Waals surface area contributed by atoms with Gasteiger partial charge in [0.1, 0.15) is 0 Å². The van der Waals surface area contributed by atoms with Gasteiger partial charge >= 0.3 is 0 Å². The van der Waals surface area contributed by atoms with Crippen molar-refractivity contribution in [3.63, 3.8) is 0 Å². The molecule has 156 valence electrons. The fraction of sp³-hybridized carbons (Fsp3) is 0.591. The second-order valence-electron chi connectivity index (χ2n) is 7.87. The zero-order chi connectivity index (χ0) is 20.8. The summed E-state index contributed by atoms with van der Waals surface area (Å²) >= 11 is 1.89. The molecule has 1 aromatic rings. The third kappa shape index (κ3) is 5.52. The Hall–Kier alpha value is -2.04. The first-order valence-electron chi connectivity index (χ1n) is 10.4. The number of carbonyl (C=O) groups is 2. The zero-order valence-electron chi connectivity index (χ0n) is 17.4. The number of thioether (sulfide) groups is 1. The van der Waals surface area contributed by atoms with Crippen LogP contribution in [0.4, 0.5) is 5.69 Å². The molecule has 1 unspecified atom stereocenters. The molecule has 0 N–H and O–H groups in total. The molecule has 0 bridgehead atoms. The molecule has 6 nitrogen and oxygen atoms in total. The van der Waals surface area contributed by atoms with Crippen LogP contribution in [-0.2, 0) is 9.59 Å². The van der Waals surface area contributed by atoms with Crippen molar-refractivity contribution < 1.29 is 9.59 Å². The highest BCUT2D eigenvalue weighted by atomic mass is 32.2. The third-order valence-corrected chi connectivity index (χ3v) is 6.52. The minimum absolute atomic E-state index is 0.0425. The Kier molecular flexibility index (Phi) is 7.57. The summed E-state index contributed by atoms with van der Waals surface area (Å²) in [6.07, 6.45) is 2.04. The SMILES string of the molecule is Cc1cc(C)cc(N(CCC#N)C(=O)CN2CCCC2C(=O)N2CCSCC2)c1. The van der Waals surface area contributed by atoms with Crippen LogP contribution in [-0.4, -0.2) is 71.9 Å². The second-order valence-corrected chi connectivity index (χ2v) is 9.09. The lowest BCUT2D eigenvalue weighted by Crippen LogP contribution is -2.51. The minimum Gasteiger partial charge on any atom is -0.340 e. The van der Waals surface area contributed by atoms with E-state index in [2.05, 4.69) is 12.1 Å². The number of anilines is 1. The Morgan fingerprint density at radius 3 is 2.52 bits per heavy atom. The van der Waals surface area contributed by atoms with E-state index < -0.39 is 0 Å². The van der Waals surface area contributed by atoms with Crippen molar-refractivity contribution in [2.45, 2.75) is 39.2 Å². The number of rotatable bonds is 6. The molecule has 0 saturated carbocycles. The summed E-state index contributed by atoms with van der Waals surface area (Å²) in [4.78, 5) is 31.9. The number of benzene rings is 1. The first-order valence-corrected chi connectivity index (χ1v) is 11.5. The van der Waals surface area contributed by atoms with Gasteiger partial charge in [0.05, 0.1) is 25.1 Å². The summed E-state index contributed by atoms with van der Waals surface area (Å²) in [5, 5.41) is 9.05. The molecular formula is C22H30N4O2S. The third-order valence-electron chi connectivity index (χ3n) is 5.58. The standard InChI is InChI=1S/C22H30N4O2S/c1-17-13-18(2)15-19(14-17)26(8-4-6-23)21(27)16-25-7-3-5-20(25)22(28)24-9-11-29-12-10-24/h13-15,20H,3-5,7-12,16H2,1-2H3. The predicted octanol–water partition coefficient (Wildman–Crippen LogP) is 2.59. The van der Waals surface area contributed by atoms with Gasteiger partial charge in [-0.3, -0.25) is 14.5 Å². The van der Waals surface area contributed by atoms with Crippen LogP contribution in [0, 0.1) is 25.2 Å². The van der Waals surface area contributed by atoms with Gasteiger partial charge < -0.3 is 9.80 Å². The number of hydrogen-bond donors (Lipinski definition) is 0. The van der Waals surface area contributed by atoms with Crippen LogP contribution >= 0.6 is 11.8 Å². The van der Waals surface area contributed by atoms with E-state index >= 15 is 0 Å². The number of aryl methyl sites for hydroxylation is 2. The van der Waals surface area contributed by atoms with E-state index in [-0.39, 0.29) is 30.8 Å². The van der Waals surface area contributed by atoms with E-state index in [9.17, 15) is 9.59 Å². The Bertz CT molecular complexity index is 765. The van der Waals surface area contributed by atoms with Crippen molar-refractivity contribution in [3.05, 3.63) is 29.3 Å². The summed E-state index contributed by atoms with van der Waals surface area (Å²) in [7, 11) is 0. The zero-order valence-corrected chi connectivity index (χ0v) is 18.2. The van der Waals surface area contributed by atoms with Crippen LogP contribution in [0.25, 0.3) is 0 Å². The van der Waals surface area contributed by atoms with Gasteiger partial charge in [-0.05, 0) is 56.5 Å². The van der Waals surface area contributed by atoms with Crippen molar-refractivity contribution in [1.82, 2.24) is 9.80 Å². The Morgan fingerprint density at radius 1 is 1.17 bits per heavy atom. The van der Waals surface area contributed by atoms with Gasteiger partial charge in [0.25, 0.3) is 0 Å². The molecule has 2 heterocycles. The quantitative estimate of drug-likeness (QED) is 0.716. The Balaban J connectivity index is 1.72. The van der Waals surface area contributed by atoms with Crippen LogP contribution in [0.3, 0.4) is 0 Å². The molecule has 1 aromatic carbocycles. The maximum Gasteiger partial charge on any atom is 0.241 e. The van der Waals surface area contributed by atoms with Crippen molar-refractivity contribution in [2.75, 3.05) is 49.1 Å². The lowest BCUT2D eigenvalue weighted by atomic mass is 10.1. The Morgan fingerprint density at radius 2 is 1.86 bits per heavy atom. The molecule has 0 spiro atoms. The Labute approximate surface area is 177 Å². The number of likely N-dealkylation sites (tertiary alicyclic amines) is 1.